The van der Waals surface area contributed by atoms with E-state index in [2.05, 4.69) is 6.92 Å². The zero-order valence-electron chi connectivity index (χ0n) is 13.1. The van der Waals surface area contributed by atoms with Crippen LogP contribution in [0.25, 0.3) is 0 Å². The van der Waals surface area contributed by atoms with E-state index < -0.39 is 11.4 Å². The molecule has 0 bridgehead atoms. The van der Waals surface area contributed by atoms with Crippen LogP contribution >= 0.6 is 0 Å². The molecule has 2 fully saturated rings. The van der Waals surface area contributed by atoms with Crippen molar-refractivity contribution in [1.29, 1.82) is 0 Å². The van der Waals surface area contributed by atoms with Crippen LogP contribution in [0, 0.1) is 29.1 Å². The standard InChI is InChI=1S/C18H26O3/c1-3-16-15-6-4-11-10-12(19)5-7-13(11)14(15)8-9-18(16,2)17(20)21/h10,13-16H,3-9H2,1-2H3,(H,20,21)/t13-,14-,15-,16+,18+/m0/s1. The molecule has 1 N–H and O–H groups in total. The molecule has 3 nitrogen and oxygen atoms in total. The van der Waals surface area contributed by atoms with Crippen molar-refractivity contribution in [2.75, 3.05) is 0 Å². The summed E-state index contributed by atoms with van der Waals surface area (Å²) in [5.41, 5.74) is 0.808. The highest BCUT2D eigenvalue weighted by atomic mass is 16.4. The monoisotopic (exact) mass is 290 g/mol. The molecule has 0 heterocycles. The number of carboxylic acid groups (broad SMARTS) is 1. The summed E-state index contributed by atoms with van der Waals surface area (Å²) in [7, 11) is 0. The van der Waals surface area contributed by atoms with Crippen molar-refractivity contribution in [3.8, 4) is 0 Å². The molecular formula is C18H26O3. The van der Waals surface area contributed by atoms with Crippen LogP contribution in [0.5, 0.6) is 0 Å². The molecule has 0 unspecified atom stereocenters. The molecular weight excluding hydrogens is 264 g/mol. The average Bonchev–Trinajstić information content (AvgIpc) is 2.46. The van der Waals surface area contributed by atoms with Gasteiger partial charge in [-0.15, -0.1) is 0 Å². The van der Waals surface area contributed by atoms with E-state index in [0.717, 1.165) is 38.5 Å². The summed E-state index contributed by atoms with van der Waals surface area (Å²) < 4.78 is 0. The first-order valence-corrected chi connectivity index (χ1v) is 8.44. The lowest BCUT2D eigenvalue weighted by molar-refractivity contribution is -0.159. The van der Waals surface area contributed by atoms with E-state index in [4.69, 9.17) is 0 Å². The summed E-state index contributed by atoms with van der Waals surface area (Å²) in [5, 5.41) is 9.70. The first-order valence-electron chi connectivity index (χ1n) is 8.44. The maximum absolute atomic E-state index is 11.8. The van der Waals surface area contributed by atoms with E-state index in [-0.39, 0.29) is 11.7 Å². The molecule has 0 aromatic rings. The summed E-state index contributed by atoms with van der Waals surface area (Å²) >= 11 is 0. The zero-order valence-corrected chi connectivity index (χ0v) is 13.1. The maximum Gasteiger partial charge on any atom is 0.309 e. The largest absolute Gasteiger partial charge is 0.481 e. The molecule has 3 heteroatoms. The Hall–Kier alpha value is -1.12. The normalized spacial score (nSPS) is 42.8. The Morgan fingerprint density at radius 2 is 2.05 bits per heavy atom. The third-order valence-electron chi connectivity index (χ3n) is 6.62. The first kappa shape index (κ1) is 14.8. The van der Waals surface area contributed by atoms with Gasteiger partial charge in [0.25, 0.3) is 0 Å². The van der Waals surface area contributed by atoms with Gasteiger partial charge in [-0.1, -0.05) is 18.9 Å². The molecule has 3 aliphatic carbocycles. The zero-order chi connectivity index (χ0) is 15.2. The van der Waals surface area contributed by atoms with Crippen molar-refractivity contribution in [2.24, 2.45) is 29.1 Å². The van der Waals surface area contributed by atoms with Gasteiger partial charge < -0.3 is 5.11 Å². The number of fused-ring (bicyclic) bond motifs is 3. The fraction of sp³-hybridized carbons (Fsp3) is 0.778. The number of ketones is 1. The number of aliphatic carboxylic acids is 1. The van der Waals surface area contributed by atoms with Crippen molar-refractivity contribution >= 4 is 11.8 Å². The van der Waals surface area contributed by atoms with Crippen LogP contribution in [0.1, 0.15) is 58.8 Å². The van der Waals surface area contributed by atoms with Crippen LogP contribution in [0.15, 0.2) is 11.6 Å². The van der Waals surface area contributed by atoms with Crippen LogP contribution in [-0.2, 0) is 9.59 Å². The van der Waals surface area contributed by atoms with Crippen molar-refractivity contribution < 1.29 is 14.7 Å². The molecule has 0 aliphatic heterocycles. The van der Waals surface area contributed by atoms with E-state index in [0.29, 0.717) is 24.2 Å². The van der Waals surface area contributed by atoms with E-state index in [1.807, 2.05) is 13.0 Å². The molecule has 116 valence electrons. The second-order valence-electron chi connectivity index (χ2n) is 7.47. The highest BCUT2D eigenvalue weighted by Gasteiger charge is 2.53. The molecule has 5 atom stereocenters. The van der Waals surface area contributed by atoms with Crippen LogP contribution in [-0.4, -0.2) is 16.9 Å². The van der Waals surface area contributed by atoms with Crippen molar-refractivity contribution in [3.63, 3.8) is 0 Å². The third kappa shape index (κ3) is 2.25. The summed E-state index contributed by atoms with van der Waals surface area (Å²) in [5.74, 6) is 1.64. The lowest BCUT2D eigenvalue weighted by atomic mass is 9.51. The van der Waals surface area contributed by atoms with Crippen molar-refractivity contribution in [1.82, 2.24) is 0 Å². The molecule has 0 aromatic heterocycles. The van der Waals surface area contributed by atoms with Crippen LogP contribution < -0.4 is 0 Å². The van der Waals surface area contributed by atoms with E-state index in [1.54, 1.807) is 0 Å². The smallest absolute Gasteiger partial charge is 0.309 e. The van der Waals surface area contributed by atoms with Gasteiger partial charge in [0, 0.05) is 6.42 Å². The van der Waals surface area contributed by atoms with Crippen LogP contribution in [0.2, 0.25) is 0 Å². The van der Waals surface area contributed by atoms with Gasteiger partial charge in [0.05, 0.1) is 5.41 Å². The Kier molecular flexibility index (Phi) is 3.71. The molecule has 0 spiro atoms. The fourth-order valence-corrected chi connectivity index (χ4v) is 5.52. The van der Waals surface area contributed by atoms with E-state index in [1.165, 1.54) is 5.57 Å². The van der Waals surface area contributed by atoms with Crippen molar-refractivity contribution in [3.05, 3.63) is 11.6 Å². The molecule has 0 saturated heterocycles. The number of rotatable bonds is 2. The fourth-order valence-electron chi connectivity index (χ4n) is 5.52. The highest BCUT2D eigenvalue weighted by Crippen LogP contribution is 2.57. The molecule has 21 heavy (non-hydrogen) atoms. The van der Waals surface area contributed by atoms with Gasteiger partial charge >= 0.3 is 5.97 Å². The quantitative estimate of drug-likeness (QED) is 0.841. The van der Waals surface area contributed by atoms with Crippen LogP contribution in [0.4, 0.5) is 0 Å². The summed E-state index contributed by atoms with van der Waals surface area (Å²) in [6.07, 6.45) is 8.41. The third-order valence-corrected chi connectivity index (χ3v) is 6.62. The van der Waals surface area contributed by atoms with Gasteiger partial charge in [-0.05, 0) is 68.8 Å². The number of hydrogen-bond donors (Lipinski definition) is 1. The number of carboxylic acids is 1. The van der Waals surface area contributed by atoms with Gasteiger partial charge in [0.1, 0.15) is 0 Å². The molecule has 0 radical (unpaired) electrons. The molecule has 3 rings (SSSR count). The predicted octanol–water partition coefficient (Wildman–Crippen LogP) is 3.83. The minimum atomic E-state index is -0.618. The molecule has 3 aliphatic rings. The van der Waals surface area contributed by atoms with Crippen LogP contribution in [0.3, 0.4) is 0 Å². The van der Waals surface area contributed by atoms with Gasteiger partial charge in [-0.2, -0.15) is 0 Å². The SMILES string of the molecule is CC[C@@H]1[C@H]2CCC3=CC(=O)CC[C@@H]3[C@@H]2CC[C@@]1(C)C(=O)O. The predicted molar refractivity (Wildman–Crippen MR) is 80.8 cm³/mol. The van der Waals surface area contributed by atoms with Gasteiger partial charge in [-0.3, -0.25) is 9.59 Å². The van der Waals surface area contributed by atoms with Gasteiger partial charge in [0.2, 0.25) is 0 Å². The Bertz CT molecular complexity index is 493. The topological polar surface area (TPSA) is 54.4 Å². The minimum Gasteiger partial charge on any atom is -0.481 e. The highest BCUT2D eigenvalue weighted by molar-refractivity contribution is 5.91. The lowest BCUT2D eigenvalue weighted by Gasteiger charge is -2.53. The summed E-state index contributed by atoms with van der Waals surface area (Å²) in [6.45, 7) is 4.10. The molecule has 0 amide bonds. The second kappa shape index (κ2) is 5.26. The number of carbonyl (C=O) groups excluding carboxylic acids is 1. The number of carbonyl (C=O) groups is 2. The van der Waals surface area contributed by atoms with E-state index in [9.17, 15) is 14.7 Å². The lowest BCUT2D eigenvalue weighted by Crippen LogP contribution is -2.49. The van der Waals surface area contributed by atoms with Gasteiger partial charge in [0.15, 0.2) is 5.78 Å². The number of hydrogen-bond acceptors (Lipinski definition) is 2. The molecule has 0 aromatic carbocycles. The first-order chi connectivity index (χ1) is 9.97. The maximum atomic E-state index is 11.8. The number of allylic oxidation sites excluding steroid dienone is 2. The van der Waals surface area contributed by atoms with E-state index >= 15 is 0 Å². The Labute approximate surface area is 126 Å². The second-order valence-corrected chi connectivity index (χ2v) is 7.47. The molecule has 2 saturated carbocycles. The summed E-state index contributed by atoms with van der Waals surface area (Å²) in [6, 6.07) is 0. The average molecular weight is 290 g/mol. The Morgan fingerprint density at radius 1 is 1.29 bits per heavy atom. The summed E-state index contributed by atoms with van der Waals surface area (Å²) in [4.78, 5) is 23.4. The van der Waals surface area contributed by atoms with Crippen molar-refractivity contribution in [2.45, 2.75) is 58.8 Å². The Balaban J connectivity index is 1.89. The Morgan fingerprint density at radius 3 is 2.71 bits per heavy atom. The minimum absolute atomic E-state index is 0.285. The van der Waals surface area contributed by atoms with Gasteiger partial charge in [-0.25, -0.2) is 0 Å².